The highest BCUT2D eigenvalue weighted by Crippen LogP contribution is 2.34. The lowest BCUT2D eigenvalue weighted by Gasteiger charge is -2.30. The summed E-state index contributed by atoms with van der Waals surface area (Å²) in [5.74, 6) is 1.34. The average Bonchev–Trinajstić information content (AvgIpc) is 3.40. The molecule has 2 aliphatic rings. The van der Waals surface area contributed by atoms with E-state index in [1.54, 1.807) is 0 Å². The van der Waals surface area contributed by atoms with Crippen LogP contribution in [0.15, 0.2) is 36.7 Å². The number of fused-ring (bicyclic) bond motifs is 1. The molecule has 1 aromatic carbocycles. The lowest BCUT2D eigenvalue weighted by molar-refractivity contribution is 0.100. The van der Waals surface area contributed by atoms with Gasteiger partial charge in [0, 0.05) is 48.3 Å². The van der Waals surface area contributed by atoms with Crippen LogP contribution in [0.25, 0.3) is 10.1 Å². The second-order valence-electron chi connectivity index (χ2n) is 9.30. The van der Waals surface area contributed by atoms with Gasteiger partial charge in [0.15, 0.2) is 0 Å². The number of piperidine rings is 1. The van der Waals surface area contributed by atoms with Gasteiger partial charge in [-0.05, 0) is 61.6 Å². The summed E-state index contributed by atoms with van der Waals surface area (Å²) < 4.78 is 1.14. The molecule has 3 aromatic rings. The van der Waals surface area contributed by atoms with Crippen molar-refractivity contribution in [3.05, 3.63) is 52.7 Å². The summed E-state index contributed by atoms with van der Waals surface area (Å²) in [6, 6.07) is 8.64. The molecule has 2 N–H and O–H groups in total. The van der Waals surface area contributed by atoms with Crippen molar-refractivity contribution in [1.29, 1.82) is 0 Å². The Morgan fingerprint density at radius 2 is 1.88 bits per heavy atom. The first-order chi connectivity index (χ1) is 15.6. The summed E-state index contributed by atoms with van der Waals surface area (Å²) in [6.07, 6.45) is 9.56. The van der Waals surface area contributed by atoms with Crippen molar-refractivity contribution in [3.63, 3.8) is 0 Å². The molecular weight excluding hydrogens is 418 g/mol. The minimum atomic E-state index is -0.318. The van der Waals surface area contributed by atoms with Crippen LogP contribution < -0.4 is 10.6 Å². The van der Waals surface area contributed by atoms with Crippen LogP contribution in [-0.2, 0) is 13.0 Å². The van der Waals surface area contributed by atoms with E-state index in [1.165, 1.54) is 36.0 Å². The molecule has 6 nitrogen and oxygen atoms in total. The molecule has 0 aliphatic carbocycles. The normalized spacial score (nSPS) is 20.3. The minimum Gasteiger partial charge on any atom is -0.365 e. The third kappa shape index (κ3) is 4.36. The zero-order chi connectivity index (χ0) is 22.1. The molecule has 7 heteroatoms. The molecule has 1 amide bonds. The van der Waals surface area contributed by atoms with E-state index in [2.05, 4.69) is 38.8 Å². The van der Waals surface area contributed by atoms with Crippen LogP contribution in [0.5, 0.6) is 0 Å². The third-order valence-corrected chi connectivity index (χ3v) is 8.23. The fraction of sp³-hybridized carbons (Fsp3) is 0.480. The van der Waals surface area contributed by atoms with Crippen molar-refractivity contribution in [2.75, 3.05) is 24.5 Å². The van der Waals surface area contributed by atoms with Crippen molar-refractivity contribution in [1.82, 2.24) is 14.9 Å². The lowest BCUT2D eigenvalue weighted by Crippen LogP contribution is -2.34. The molecule has 0 spiro atoms. The van der Waals surface area contributed by atoms with E-state index < -0.39 is 0 Å². The Balaban J connectivity index is 1.29. The SMILES string of the molecule is CC1CCN(c2ncc(CN3CCC[C@H]3Cc3c(C(N)=O)sc4ccccc34)cn2)CC1. The van der Waals surface area contributed by atoms with Gasteiger partial charge in [0.2, 0.25) is 5.95 Å². The largest absolute Gasteiger partial charge is 0.365 e. The van der Waals surface area contributed by atoms with E-state index in [9.17, 15) is 4.79 Å². The summed E-state index contributed by atoms with van der Waals surface area (Å²) in [4.78, 5) is 27.0. The van der Waals surface area contributed by atoms with E-state index >= 15 is 0 Å². The number of thiophene rings is 1. The zero-order valence-corrected chi connectivity index (χ0v) is 19.5. The number of carbonyl (C=O) groups excluding carboxylic acids is 1. The summed E-state index contributed by atoms with van der Waals surface area (Å²) in [7, 11) is 0. The maximum atomic E-state index is 12.1. The number of benzene rings is 1. The molecule has 2 aliphatic heterocycles. The summed E-state index contributed by atoms with van der Waals surface area (Å²) in [5, 5.41) is 1.17. The van der Waals surface area contributed by atoms with Gasteiger partial charge in [-0.1, -0.05) is 25.1 Å². The van der Waals surface area contributed by atoms with Gasteiger partial charge < -0.3 is 10.6 Å². The van der Waals surface area contributed by atoms with Crippen molar-refractivity contribution >= 4 is 33.3 Å². The number of primary amides is 1. The van der Waals surface area contributed by atoms with Gasteiger partial charge in [0.05, 0.1) is 4.88 Å². The van der Waals surface area contributed by atoms with Gasteiger partial charge in [-0.2, -0.15) is 0 Å². The molecule has 0 unspecified atom stereocenters. The number of carbonyl (C=O) groups is 1. The number of hydrogen-bond donors (Lipinski definition) is 1. The molecule has 5 rings (SSSR count). The van der Waals surface area contributed by atoms with Gasteiger partial charge >= 0.3 is 0 Å². The lowest BCUT2D eigenvalue weighted by atomic mass is 10.00. The molecule has 168 valence electrons. The van der Waals surface area contributed by atoms with Gasteiger partial charge in [0.25, 0.3) is 5.91 Å². The molecule has 4 heterocycles. The Labute approximate surface area is 193 Å². The number of aromatic nitrogens is 2. The zero-order valence-electron chi connectivity index (χ0n) is 18.7. The molecular formula is C25H31N5OS. The number of anilines is 1. The highest BCUT2D eigenvalue weighted by molar-refractivity contribution is 7.21. The van der Waals surface area contributed by atoms with Crippen LogP contribution >= 0.6 is 11.3 Å². The summed E-state index contributed by atoms with van der Waals surface area (Å²) in [5.41, 5.74) is 7.99. The fourth-order valence-corrected chi connectivity index (χ4v) is 6.19. The first-order valence-corrected chi connectivity index (χ1v) is 12.5. The van der Waals surface area contributed by atoms with Gasteiger partial charge in [-0.25, -0.2) is 9.97 Å². The molecule has 0 bridgehead atoms. The van der Waals surface area contributed by atoms with Crippen LogP contribution in [0.1, 0.15) is 53.4 Å². The predicted octanol–water partition coefficient (Wildman–Crippen LogP) is 4.23. The Bertz CT molecular complexity index is 1090. The van der Waals surface area contributed by atoms with Crippen LogP contribution in [0.3, 0.4) is 0 Å². The number of hydrogen-bond acceptors (Lipinski definition) is 6. The number of rotatable bonds is 6. The Hall–Kier alpha value is -2.51. The summed E-state index contributed by atoms with van der Waals surface area (Å²) in [6.45, 7) is 6.32. The first-order valence-electron chi connectivity index (χ1n) is 11.7. The molecule has 32 heavy (non-hydrogen) atoms. The van der Waals surface area contributed by atoms with Crippen molar-refractivity contribution in [3.8, 4) is 0 Å². The van der Waals surface area contributed by atoms with E-state index in [0.717, 1.165) is 66.7 Å². The monoisotopic (exact) mass is 449 g/mol. The Morgan fingerprint density at radius 3 is 2.62 bits per heavy atom. The van der Waals surface area contributed by atoms with Gasteiger partial charge in [0.1, 0.15) is 0 Å². The highest BCUT2D eigenvalue weighted by Gasteiger charge is 2.28. The standard InChI is InChI=1S/C25H31N5OS/c1-17-8-11-29(12-9-17)25-27-14-18(15-28-25)16-30-10-4-5-19(30)13-21-20-6-2-3-7-22(20)32-23(21)24(26)31/h2-3,6-7,14-15,17,19H,4-5,8-13,16H2,1H3,(H2,26,31)/t19-/m0/s1. The Morgan fingerprint density at radius 1 is 1.12 bits per heavy atom. The van der Waals surface area contributed by atoms with E-state index in [-0.39, 0.29) is 5.91 Å². The third-order valence-electron chi connectivity index (χ3n) is 7.00. The number of nitrogens with zero attached hydrogens (tertiary/aromatic N) is 4. The average molecular weight is 450 g/mol. The smallest absolute Gasteiger partial charge is 0.259 e. The fourth-order valence-electron chi connectivity index (χ4n) is 5.11. The van der Waals surface area contributed by atoms with Crippen molar-refractivity contribution < 1.29 is 4.79 Å². The van der Waals surface area contributed by atoms with Crippen LogP contribution in [0.4, 0.5) is 5.95 Å². The van der Waals surface area contributed by atoms with Gasteiger partial charge in [-0.15, -0.1) is 11.3 Å². The van der Waals surface area contributed by atoms with Gasteiger partial charge in [-0.3, -0.25) is 9.69 Å². The first kappa shape index (κ1) is 21.3. The molecule has 0 radical (unpaired) electrons. The number of likely N-dealkylation sites (tertiary alicyclic amines) is 1. The van der Waals surface area contributed by atoms with E-state index in [0.29, 0.717) is 10.9 Å². The second-order valence-corrected chi connectivity index (χ2v) is 10.4. The quantitative estimate of drug-likeness (QED) is 0.609. The predicted molar refractivity (Wildman–Crippen MR) is 130 cm³/mol. The molecule has 1 atom stereocenters. The van der Waals surface area contributed by atoms with E-state index in [1.807, 2.05) is 24.5 Å². The molecule has 0 saturated carbocycles. The molecule has 2 fully saturated rings. The maximum absolute atomic E-state index is 12.1. The molecule has 2 saturated heterocycles. The highest BCUT2D eigenvalue weighted by atomic mass is 32.1. The summed E-state index contributed by atoms with van der Waals surface area (Å²) >= 11 is 1.52. The van der Waals surface area contributed by atoms with E-state index in [4.69, 9.17) is 5.73 Å². The van der Waals surface area contributed by atoms with Crippen LogP contribution in [-0.4, -0.2) is 46.5 Å². The number of amides is 1. The molecule has 2 aromatic heterocycles. The van der Waals surface area contributed by atoms with Crippen molar-refractivity contribution in [2.45, 2.75) is 51.6 Å². The second kappa shape index (κ2) is 9.16. The minimum absolute atomic E-state index is 0.318. The van der Waals surface area contributed by atoms with Crippen LogP contribution in [0.2, 0.25) is 0 Å². The Kier molecular flexibility index (Phi) is 6.11. The maximum Gasteiger partial charge on any atom is 0.259 e. The topological polar surface area (TPSA) is 75.3 Å². The van der Waals surface area contributed by atoms with Crippen molar-refractivity contribution in [2.24, 2.45) is 11.7 Å². The number of nitrogens with two attached hydrogens (primary N) is 1. The van der Waals surface area contributed by atoms with Crippen LogP contribution in [0, 0.1) is 5.92 Å².